The third-order valence-electron chi connectivity index (χ3n) is 7.91. The van der Waals surface area contributed by atoms with Crippen LogP contribution in [-0.4, -0.2) is 65.8 Å². The largest absolute Gasteiger partial charge is 0.342 e. The quantitative estimate of drug-likeness (QED) is 0.542. The second kappa shape index (κ2) is 9.25. The van der Waals surface area contributed by atoms with Crippen molar-refractivity contribution in [2.24, 2.45) is 23.7 Å². The van der Waals surface area contributed by atoms with Crippen molar-refractivity contribution in [3.8, 4) is 0 Å². The molecule has 8 heteroatoms. The van der Waals surface area contributed by atoms with Crippen molar-refractivity contribution in [2.75, 3.05) is 19.3 Å². The highest BCUT2D eigenvalue weighted by atomic mass is 32.2. The lowest BCUT2D eigenvalue weighted by Crippen LogP contribution is -2.60. The standard InChI is InChI=1S/C22H39N5O2S/c1-12-5-6-16(25-21(29)26-22-24-14(3)11-30-22)9-17(12)18-8-15-10-23-13(2)7-19(15)27(4)20(18)28/h12-19,22-24H,5-11H2,1-4H3,(H2,25,26,29). The fourth-order valence-corrected chi connectivity index (χ4v) is 7.22. The van der Waals surface area contributed by atoms with Gasteiger partial charge in [-0.2, -0.15) is 0 Å². The first kappa shape index (κ1) is 22.2. The topological polar surface area (TPSA) is 85.5 Å². The minimum absolute atomic E-state index is 0.00925. The Hall–Kier alpha value is -0.990. The normalized spacial score (nSPS) is 44.5. The van der Waals surface area contributed by atoms with Crippen LogP contribution in [0.3, 0.4) is 0 Å². The molecule has 9 atom stereocenters. The summed E-state index contributed by atoms with van der Waals surface area (Å²) in [5, 5.41) is 13.2. The Morgan fingerprint density at radius 3 is 2.63 bits per heavy atom. The highest BCUT2D eigenvalue weighted by Gasteiger charge is 2.47. The van der Waals surface area contributed by atoms with Gasteiger partial charge >= 0.3 is 6.03 Å². The Labute approximate surface area is 185 Å². The number of thioether (sulfide) groups is 1. The van der Waals surface area contributed by atoms with Crippen molar-refractivity contribution < 1.29 is 9.59 Å². The predicted molar refractivity (Wildman–Crippen MR) is 121 cm³/mol. The van der Waals surface area contributed by atoms with Crippen LogP contribution in [0.25, 0.3) is 0 Å². The molecule has 4 fully saturated rings. The van der Waals surface area contributed by atoms with E-state index >= 15 is 0 Å². The molecule has 30 heavy (non-hydrogen) atoms. The van der Waals surface area contributed by atoms with Gasteiger partial charge in [0, 0.05) is 49.4 Å². The molecule has 3 saturated heterocycles. The Kier molecular flexibility index (Phi) is 6.85. The maximum atomic E-state index is 13.3. The summed E-state index contributed by atoms with van der Waals surface area (Å²) in [6.45, 7) is 7.65. The number of nitrogens with one attached hydrogen (secondary N) is 4. The van der Waals surface area contributed by atoms with Crippen molar-refractivity contribution >= 4 is 23.7 Å². The number of fused-ring (bicyclic) bond motifs is 1. The number of rotatable bonds is 3. The molecular formula is C22H39N5O2S. The average Bonchev–Trinajstić information content (AvgIpc) is 3.11. The van der Waals surface area contributed by atoms with Gasteiger partial charge in [-0.1, -0.05) is 6.92 Å². The SMILES string of the molecule is CC1CC2C(CN1)CC(C1CC(NC(=O)NC3NC(C)CS3)CCC1C)C(=O)N2C. The summed E-state index contributed by atoms with van der Waals surface area (Å²) >= 11 is 1.74. The minimum atomic E-state index is -0.0926. The number of nitrogens with zero attached hydrogens (tertiary/aromatic N) is 1. The summed E-state index contributed by atoms with van der Waals surface area (Å²) in [4.78, 5) is 27.9. The first-order valence-corrected chi connectivity index (χ1v) is 12.8. The van der Waals surface area contributed by atoms with Crippen LogP contribution < -0.4 is 21.3 Å². The molecule has 0 radical (unpaired) electrons. The molecule has 1 aliphatic carbocycles. The third kappa shape index (κ3) is 4.75. The van der Waals surface area contributed by atoms with Gasteiger partial charge < -0.3 is 20.9 Å². The molecule has 9 unspecified atom stereocenters. The number of hydrogen-bond donors (Lipinski definition) is 4. The van der Waals surface area contributed by atoms with E-state index in [4.69, 9.17) is 0 Å². The second-order valence-corrected chi connectivity index (χ2v) is 11.4. The molecule has 7 nitrogen and oxygen atoms in total. The molecular weight excluding hydrogens is 398 g/mol. The van der Waals surface area contributed by atoms with E-state index in [-0.39, 0.29) is 23.5 Å². The second-order valence-electron chi connectivity index (χ2n) is 10.2. The van der Waals surface area contributed by atoms with E-state index in [1.54, 1.807) is 11.8 Å². The van der Waals surface area contributed by atoms with E-state index < -0.39 is 0 Å². The molecule has 3 heterocycles. The molecule has 3 aliphatic heterocycles. The molecule has 4 rings (SSSR count). The van der Waals surface area contributed by atoms with Crippen molar-refractivity contribution in [3.63, 3.8) is 0 Å². The fraction of sp³-hybridized carbons (Fsp3) is 0.909. The summed E-state index contributed by atoms with van der Waals surface area (Å²) in [7, 11) is 2.01. The number of urea groups is 1. The van der Waals surface area contributed by atoms with Crippen LogP contribution in [0.1, 0.15) is 52.9 Å². The summed E-state index contributed by atoms with van der Waals surface area (Å²) < 4.78 is 0. The number of amides is 3. The van der Waals surface area contributed by atoms with Gasteiger partial charge in [-0.15, -0.1) is 11.8 Å². The summed E-state index contributed by atoms with van der Waals surface area (Å²) in [6.07, 6.45) is 5.01. The Morgan fingerprint density at radius 1 is 1.10 bits per heavy atom. The van der Waals surface area contributed by atoms with Gasteiger partial charge in [0.1, 0.15) is 5.50 Å². The van der Waals surface area contributed by atoms with Crippen LogP contribution in [0.5, 0.6) is 0 Å². The van der Waals surface area contributed by atoms with E-state index in [9.17, 15) is 9.59 Å². The molecule has 0 aromatic rings. The molecule has 1 saturated carbocycles. The molecule has 4 N–H and O–H groups in total. The zero-order chi connectivity index (χ0) is 21.4. The van der Waals surface area contributed by atoms with Crippen LogP contribution >= 0.6 is 11.8 Å². The van der Waals surface area contributed by atoms with Crippen molar-refractivity contribution in [3.05, 3.63) is 0 Å². The van der Waals surface area contributed by atoms with E-state index in [1.165, 1.54) is 0 Å². The third-order valence-corrected chi connectivity index (χ3v) is 9.19. The van der Waals surface area contributed by atoms with Crippen LogP contribution in [0.15, 0.2) is 0 Å². The van der Waals surface area contributed by atoms with Crippen LogP contribution in [-0.2, 0) is 4.79 Å². The lowest BCUT2D eigenvalue weighted by Gasteiger charge is -2.50. The van der Waals surface area contributed by atoms with Crippen molar-refractivity contribution in [2.45, 2.75) is 82.5 Å². The van der Waals surface area contributed by atoms with Gasteiger partial charge in [0.15, 0.2) is 0 Å². The molecule has 0 spiro atoms. The fourth-order valence-electron chi connectivity index (χ4n) is 6.12. The Bertz CT molecular complexity index is 649. The van der Waals surface area contributed by atoms with Gasteiger partial charge in [-0.05, 0) is 63.7 Å². The van der Waals surface area contributed by atoms with Crippen LogP contribution in [0, 0.1) is 23.7 Å². The smallest absolute Gasteiger partial charge is 0.316 e. The monoisotopic (exact) mass is 437 g/mol. The summed E-state index contributed by atoms with van der Waals surface area (Å²) in [5.41, 5.74) is -0.00925. The first-order chi connectivity index (χ1) is 14.3. The maximum absolute atomic E-state index is 13.3. The lowest BCUT2D eigenvalue weighted by atomic mass is 9.65. The minimum Gasteiger partial charge on any atom is -0.342 e. The van der Waals surface area contributed by atoms with Crippen LogP contribution in [0.4, 0.5) is 4.79 Å². The molecule has 3 amide bonds. The van der Waals surface area contributed by atoms with Gasteiger partial charge in [0.2, 0.25) is 5.91 Å². The number of piperidine rings is 2. The van der Waals surface area contributed by atoms with Crippen LogP contribution in [0.2, 0.25) is 0 Å². The highest BCUT2D eigenvalue weighted by Crippen LogP contribution is 2.43. The van der Waals surface area contributed by atoms with Crippen molar-refractivity contribution in [1.82, 2.24) is 26.2 Å². The lowest BCUT2D eigenvalue weighted by molar-refractivity contribution is -0.148. The zero-order valence-corrected chi connectivity index (χ0v) is 19.6. The number of hydrogen-bond acceptors (Lipinski definition) is 5. The Morgan fingerprint density at radius 2 is 1.90 bits per heavy atom. The Balaban J connectivity index is 1.36. The average molecular weight is 438 g/mol. The van der Waals surface area contributed by atoms with Gasteiger partial charge in [-0.25, -0.2) is 4.79 Å². The highest BCUT2D eigenvalue weighted by molar-refractivity contribution is 8.00. The maximum Gasteiger partial charge on any atom is 0.316 e. The van der Waals surface area contributed by atoms with Gasteiger partial charge in [0.05, 0.1) is 0 Å². The zero-order valence-electron chi connectivity index (χ0n) is 18.8. The first-order valence-electron chi connectivity index (χ1n) is 11.8. The number of carbonyl (C=O) groups excluding carboxylic acids is 2. The number of likely N-dealkylation sites (tertiary alicyclic amines) is 1. The molecule has 4 aliphatic rings. The van der Waals surface area contributed by atoms with E-state index in [2.05, 4.69) is 46.9 Å². The van der Waals surface area contributed by atoms with E-state index in [1.807, 2.05) is 7.05 Å². The molecule has 0 aromatic carbocycles. The molecule has 0 bridgehead atoms. The van der Waals surface area contributed by atoms with E-state index in [0.29, 0.717) is 41.8 Å². The molecule has 170 valence electrons. The molecule has 0 aromatic heterocycles. The van der Waals surface area contributed by atoms with Gasteiger partial charge in [-0.3, -0.25) is 10.1 Å². The summed E-state index contributed by atoms with van der Waals surface area (Å²) in [5.74, 6) is 2.84. The van der Waals surface area contributed by atoms with Crippen molar-refractivity contribution in [1.29, 1.82) is 0 Å². The predicted octanol–water partition coefficient (Wildman–Crippen LogP) is 1.94. The number of carbonyl (C=O) groups is 2. The van der Waals surface area contributed by atoms with E-state index in [0.717, 1.165) is 44.4 Å². The van der Waals surface area contributed by atoms with Gasteiger partial charge in [0.25, 0.3) is 0 Å². The summed E-state index contributed by atoms with van der Waals surface area (Å²) in [6, 6.07) is 1.34.